The molecule has 6 N–H and O–H groups in total. The van der Waals surface area contributed by atoms with Crippen LogP contribution >= 0.6 is 0 Å². The summed E-state index contributed by atoms with van der Waals surface area (Å²) in [6.07, 6.45) is -0.616. The van der Waals surface area contributed by atoms with E-state index in [-0.39, 0.29) is 6.61 Å². The number of aliphatic hydroxyl groups is 1. The molecule has 2 rings (SSSR count). The third-order valence-corrected chi connectivity index (χ3v) is 3.08. The highest BCUT2D eigenvalue weighted by Crippen LogP contribution is 2.26. The highest BCUT2D eigenvalue weighted by Gasteiger charge is 2.08. The topological polar surface area (TPSA) is 93.5 Å². The minimum Gasteiger partial charge on any atom is -0.489 e. The second-order valence-electron chi connectivity index (χ2n) is 4.84. The molecule has 0 radical (unpaired) electrons. The molecule has 2 aromatic carbocycles. The number of hydrogen-bond acceptors (Lipinski definition) is 5. The molecule has 0 aromatic heterocycles. The van der Waals surface area contributed by atoms with Gasteiger partial charge in [-0.15, -0.1) is 0 Å². The summed E-state index contributed by atoms with van der Waals surface area (Å²) < 4.78 is 5.49. The van der Waals surface area contributed by atoms with E-state index in [2.05, 4.69) is 5.32 Å². The molecule has 1 atom stereocenters. The van der Waals surface area contributed by atoms with Gasteiger partial charge in [0.05, 0.1) is 11.4 Å². The van der Waals surface area contributed by atoms with E-state index < -0.39 is 6.10 Å². The highest BCUT2D eigenvalue weighted by molar-refractivity contribution is 5.70. The predicted octanol–water partition coefficient (Wildman–Crippen LogP) is 1.38. The summed E-state index contributed by atoms with van der Waals surface area (Å²) in [5.41, 5.74) is 13.5. The van der Waals surface area contributed by atoms with Gasteiger partial charge in [-0.2, -0.15) is 0 Å². The molecule has 0 aliphatic rings. The van der Waals surface area contributed by atoms with Crippen LogP contribution in [0.1, 0.15) is 5.56 Å². The van der Waals surface area contributed by atoms with Crippen LogP contribution in [0.3, 0.4) is 0 Å². The van der Waals surface area contributed by atoms with Crippen molar-refractivity contribution in [2.24, 2.45) is 0 Å². The summed E-state index contributed by atoms with van der Waals surface area (Å²) in [5.74, 6) is 0.497. The first-order valence-corrected chi connectivity index (χ1v) is 6.86. The van der Waals surface area contributed by atoms with E-state index in [0.29, 0.717) is 30.2 Å². The van der Waals surface area contributed by atoms with Crippen molar-refractivity contribution in [3.8, 4) is 5.75 Å². The zero-order chi connectivity index (χ0) is 15.1. The van der Waals surface area contributed by atoms with Crippen LogP contribution in [0.15, 0.2) is 48.5 Å². The predicted molar refractivity (Wildman–Crippen MR) is 84.9 cm³/mol. The van der Waals surface area contributed by atoms with Gasteiger partial charge in [-0.3, -0.25) is 0 Å². The molecule has 5 heteroatoms. The SMILES string of the molecule is Nc1cccc(OCC(O)CNCc2ccccc2)c1N. The number of para-hydroxylation sites is 1. The number of hydrogen-bond donors (Lipinski definition) is 4. The van der Waals surface area contributed by atoms with Gasteiger partial charge in [-0.05, 0) is 17.7 Å². The van der Waals surface area contributed by atoms with Crippen LogP contribution in [0.25, 0.3) is 0 Å². The third kappa shape index (κ3) is 4.66. The third-order valence-electron chi connectivity index (χ3n) is 3.08. The number of nitrogens with one attached hydrogen (secondary N) is 1. The van der Waals surface area contributed by atoms with E-state index in [4.69, 9.17) is 16.2 Å². The molecule has 0 fully saturated rings. The Morgan fingerprint density at radius 2 is 1.81 bits per heavy atom. The quantitative estimate of drug-likeness (QED) is 0.577. The monoisotopic (exact) mass is 287 g/mol. The van der Waals surface area contributed by atoms with Crippen molar-refractivity contribution in [3.05, 3.63) is 54.1 Å². The number of nitrogen functional groups attached to an aromatic ring is 2. The van der Waals surface area contributed by atoms with Crippen LogP contribution < -0.4 is 21.5 Å². The standard InChI is InChI=1S/C16H21N3O2/c17-14-7-4-8-15(16(14)18)21-11-13(20)10-19-9-12-5-2-1-3-6-12/h1-8,13,19-20H,9-11,17-18H2. The molecular weight excluding hydrogens is 266 g/mol. The molecule has 1 unspecified atom stereocenters. The van der Waals surface area contributed by atoms with Gasteiger partial charge in [0.25, 0.3) is 0 Å². The number of ether oxygens (including phenoxy) is 1. The van der Waals surface area contributed by atoms with Gasteiger partial charge in [0, 0.05) is 13.1 Å². The summed E-state index contributed by atoms with van der Waals surface area (Å²) in [5, 5.41) is 13.1. The molecule has 0 amide bonds. The minimum absolute atomic E-state index is 0.162. The Bertz CT molecular complexity index is 561. The van der Waals surface area contributed by atoms with Crippen molar-refractivity contribution in [2.75, 3.05) is 24.6 Å². The maximum atomic E-state index is 9.89. The normalized spacial score (nSPS) is 12.0. The molecule has 0 bridgehead atoms. The van der Waals surface area contributed by atoms with Gasteiger partial charge in [-0.25, -0.2) is 0 Å². The van der Waals surface area contributed by atoms with Crippen LogP contribution in [0, 0.1) is 0 Å². The van der Waals surface area contributed by atoms with Gasteiger partial charge in [-0.1, -0.05) is 36.4 Å². The van der Waals surface area contributed by atoms with Gasteiger partial charge >= 0.3 is 0 Å². The summed E-state index contributed by atoms with van der Waals surface area (Å²) in [7, 11) is 0. The largest absolute Gasteiger partial charge is 0.489 e. The summed E-state index contributed by atoms with van der Waals surface area (Å²) in [6, 6.07) is 15.2. The Kier molecular flexibility index (Phi) is 5.43. The second-order valence-corrected chi connectivity index (χ2v) is 4.84. The van der Waals surface area contributed by atoms with Gasteiger partial charge in [0.2, 0.25) is 0 Å². The zero-order valence-corrected chi connectivity index (χ0v) is 11.8. The molecule has 0 saturated carbocycles. The maximum Gasteiger partial charge on any atom is 0.144 e. The fourth-order valence-corrected chi connectivity index (χ4v) is 1.91. The summed E-state index contributed by atoms with van der Waals surface area (Å²) >= 11 is 0. The lowest BCUT2D eigenvalue weighted by Crippen LogP contribution is -2.31. The van der Waals surface area contributed by atoms with E-state index in [1.165, 1.54) is 5.56 Å². The minimum atomic E-state index is -0.616. The summed E-state index contributed by atoms with van der Waals surface area (Å²) in [6.45, 7) is 1.31. The van der Waals surface area contributed by atoms with Crippen molar-refractivity contribution >= 4 is 11.4 Å². The fraction of sp³-hybridized carbons (Fsp3) is 0.250. The number of anilines is 2. The van der Waals surface area contributed by atoms with Crippen LogP contribution in [-0.4, -0.2) is 24.4 Å². The van der Waals surface area contributed by atoms with Crippen molar-refractivity contribution in [1.29, 1.82) is 0 Å². The molecule has 0 aliphatic carbocycles. The molecule has 0 heterocycles. The smallest absolute Gasteiger partial charge is 0.144 e. The molecule has 0 spiro atoms. The Labute approximate surface area is 124 Å². The number of nitrogens with two attached hydrogens (primary N) is 2. The molecular formula is C16H21N3O2. The van der Waals surface area contributed by atoms with Crippen LogP contribution in [0.2, 0.25) is 0 Å². The molecule has 21 heavy (non-hydrogen) atoms. The lowest BCUT2D eigenvalue weighted by atomic mass is 10.2. The fourth-order valence-electron chi connectivity index (χ4n) is 1.91. The first-order valence-electron chi connectivity index (χ1n) is 6.86. The Morgan fingerprint density at radius 3 is 2.57 bits per heavy atom. The van der Waals surface area contributed by atoms with E-state index in [9.17, 15) is 5.11 Å². The van der Waals surface area contributed by atoms with Crippen LogP contribution in [0.5, 0.6) is 5.75 Å². The maximum absolute atomic E-state index is 9.89. The molecule has 2 aromatic rings. The van der Waals surface area contributed by atoms with Crippen molar-refractivity contribution in [1.82, 2.24) is 5.32 Å². The molecule has 0 aliphatic heterocycles. The number of benzene rings is 2. The average molecular weight is 287 g/mol. The lowest BCUT2D eigenvalue weighted by molar-refractivity contribution is 0.106. The Morgan fingerprint density at radius 1 is 1.05 bits per heavy atom. The Balaban J connectivity index is 1.72. The van der Waals surface area contributed by atoms with Crippen LogP contribution in [0.4, 0.5) is 11.4 Å². The van der Waals surface area contributed by atoms with Crippen molar-refractivity contribution < 1.29 is 9.84 Å². The van der Waals surface area contributed by atoms with Crippen molar-refractivity contribution in [3.63, 3.8) is 0 Å². The van der Waals surface area contributed by atoms with Gasteiger partial charge < -0.3 is 26.6 Å². The van der Waals surface area contributed by atoms with Crippen molar-refractivity contribution in [2.45, 2.75) is 12.6 Å². The van der Waals surface area contributed by atoms with Gasteiger partial charge in [0.1, 0.15) is 18.5 Å². The highest BCUT2D eigenvalue weighted by atomic mass is 16.5. The first kappa shape index (κ1) is 15.2. The van der Waals surface area contributed by atoms with Crippen LogP contribution in [-0.2, 0) is 6.54 Å². The molecule has 5 nitrogen and oxygen atoms in total. The Hall–Kier alpha value is -2.24. The van der Waals surface area contributed by atoms with E-state index in [0.717, 1.165) is 0 Å². The zero-order valence-electron chi connectivity index (χ0n) is 11.8. The first-order chi connectivity index (χ1) is 10.2. The molecule has 112 valence electrons. The summed E-state index contributed by atoms with van der Waals surface area (Å²) in [4.78, 5) is 0. The average Bonchev–Trinajstić information content (AvgIpc) is 2.50. The lowest BCUT2D eigenvalue weighted by Gasteiger charge is -2.15. The molecule has 0 saturated heterocycles. The second kappa shape index (κ2) is 7.52. The van der Waals surface area contributed by atoms with E-state index >= 15 is 0 Å². The van der Waals surface area contributed by atoms with E-state index in [1.807, 2.05) is 30.3 Å². The van der Waals surface area contributed by atoms with Gasteiger partial charge in [0.15, 0.2) is 0 Å². The van der Waals surface area contributed by atoms with E-state index in [1.54, 1.807) is 18.2 Å². The number of rotatable bonds is 7. The number of aliphatic hydroxyl groups excluding tert-OH is 1.